The van der Waals surface area contributed by atoms with E-state index in [0.717, 1.165) is 30.6 Å². The van der Waals surface area contributed by atoms with E-state index in [1.54, 1.807) is 27.7 Å². The zero-order valence-electron chi connectivity index (χ0n) is 23.1. The average Bonchev–Trinajstić information content (AvgIpc) is 3.55. The standard InChI is InChI=1S/C30H26F6S4/c1-11-9-19(37-15(11)5)27(20-10-12(2)16(6)38-20)25-21(13(3)17(7)39-25)23-24(22-14(4)18(8)40-26(22)27)29(33,34)30(35,36)28(23,31)32/h9-10H,1-8H3. The van der Waals surface area contributed by atoms with Crippen LogP contribution in [-0.2, 0) is 5.41 Å². The van der Waals surface area contributed by atoms with E-state index in [-0.39, 0.29) is 11.1 Å². The van der Waals surface area contributed by atoms with E-state index in [1.807, 2.05) is 39.8 Å². The van der Waals surface area contributed by atoms with Crippen molar-refractivity contribution in [2.75, 3.05) is 0 Å². The van der Waals surface area contributed by atoms with E-state index < -0.39 is 34.3 Å². The summed E-state index contributed by atoms with van der Waals surface area (Å²) < 4.78 is 94.3. The molecule has 2 aliphatic carbocycles. The fourth-order valence-corrected chi connectivity index (χ4v) is 11.6. The third-order valence-electron chi connectivity index (χ3n) is 8.69. The van der Waals surface area contributed by atoms with Gasteiger partial charge < -0.3 is 0 Å². The maximum Gasteiger partial charge on any atom is 0.380 e. The first-order valence-corrected chi connectivity index (χ1v) is 15.9. The lowest BCUT2D eigenvalue weighted by atomic mass is 9.76. The topological polar surface area (TPSA) is 0 Å². The van der Waals surface area contributed by atoms with E-state index in [2.05, 4.69) is 0 Å². The lowest BCUT2D eigenvalue weighted by Gasteiger charge is -2.34. The largest absolute Gasteiger partial charge is 0.380 e. The Morgan fingerprint density at radius 1 is 0.500 bits per heavy atom. The monoisotopic (exact) mass is 628 g/mol. The zero-order chi connectivity index (χ0) is 29.5. The van der Waals surface area contributed by atoms with Gasteiger partial charge >= 0.3 is 17.8 Å². The lowest BCUT2D eigenvalue weighted by Crippen LogP contribution is -2.49. The molecule has 0 aliphatic heterocycles. The van der Waals surface area contributed by atoms with Gasteiger partial charge in [-0.1, -0.05) is 0 Å². The molecule has 0 fully saturated rings. The molecule has 0 atom stereocenters. The summed E-state index contributed by atoms with van der Waals surface area (Å²) in [4.78, 5) is 5.75. The quantitative estimate of drug-likeness (QED) is 0.194. The molecule has 6 rings (SSSR count). The molecule has 0 spiro atoms. The second-order valence-corrected chi connectivity index (χ2v) is 15.9. The SMILES string of the molecule is Cc1cc(C2(c3cc(C)c(C)s3)c3sc(C)c(C)c3C3=C(c4c2sc(C)c4C)C(F)(F)C(F)(F)C3(F)F)sc1C. The van der Waals surface area contributed by atoms with Crippen LogP contribution < -0.4 is 0 Å². The highest BCUT2D eigenvalue weighted by atomic mass is 32.1. The molecule has 10 heteroatoms. The highest BCUT2D eigenvalue weighted by molar-refractivity contribution is 7.17. The van der Waals surface area contributed by atoms with Gasteiger partial charge in [-0.2, -0.15) is 26.3 Å². The number of aryl methyl sites for hydroxylation is 6. The van der Waals surface area contributed by atoms with Crippen LogP contribution >= 0.6 is 45.3 Å². The Bertz CT molecular complexity index is 1610. The van der Waals surface area contributed by atoms with Crippen molar-refractivity contribution in [3.05, 3.63) is 84.5 Å². The van der Waals surface area contributed by atoms with Gasteiger partial charge in [-0.3, -0.25) is 0 Å². The van der Waals surface area contributed by atoms with E-state index in [1.165, 1.54) is 45.3 Å². The molecule has 0 amide bonds. The number of thiophene rings is 4. The Balaban J connectivity index is 1.94. The third kappa shape index (κ3) is 3.09. The van der Waals surface area contributed by atoms with Crippen molar-refractivity contribution in [2.45, 2.75) is 78.6 Å². The van der Waals surface area contributed by atoms with Gasteiger partial charge in [0.2, 0.25) is 0 Å². The summed E-state index contributed by atoms with van der Waals surface area (Å²) in [6.45, 7) is 14.5. The molecule has 0 saturated carbocycles. The minimum absolute atomic E-state index is 0.160. The Morgan fingerprint density at radius 3 is 1.15 bits per heavy atom. The fraction of sp³-hybridized carbons (Fsp3) is 0.400. The molecule has 4 heterocycles. The van der Waals surface area contributed by atoms with E-state index in [0.29, 0.717) is 30.6 Å². The molecular formula is C30H26F6S4. The molecule has 0 radical (unpaired) electrons. The number of fused-ring (bicyclic) bond motifs is 4. The van der Waals surface area contributed by atoms with E-state index in [9.17, 15) is 0 Å². The van der Waals surface area contributed by atoms with E-state index in [4.69, 9.17) is 0 Å². The summed E-state index contributed by atoms with van der Waals surface area (Å²) in [5.74, 6) is -15.7. The number of halogens is 6. The number of hydrogen-bond acceptors (Lipinski definition) is 4. The van der Waals surface area contributed by atoms with Crippen molar-refractivity contribution in [1.82, 2.24) is 0 Å². The molecule has 0 N–H and O–H groups in total. The summed E-state index contributed by atoms with van der Waals surface area (Å²) in [6, 6.07) is 4.02. The van der Waals surface area contributed by atoms with Crippen LogP contribution in [0.15, 0.2) is 12.1 Å². The van der Waals surface area contributed by atoms with Crippen LogP contribution in [0.25, 0.3) is 11.1 Å². The number of allylic oxidation sites excluding steroid dienone is 2. The van der Waals surface area contributed by atoms with Gasteiger partial charge in [0.05, 0.1) is 0 Å². The van der Waals surface area contributed by atoms with Gasteiger partial charge in [0.1, 0.15) is 5.41 Å². The number of alkyl halides is 6. The molecule has 0 aromatic carbocycles. The predicted molar refractivity (Wildman–Crippen MR) is 156 cm³/mol. The Kier molecular flexibility index (Phi) is 5.90. The van der Waals surface area contributed by atoms with Gasteiger partial charge in [-0.25, -0.2) is 0 Å². The third-order valence-corrected chi connectivity index (χ3v) is 13.9. The van der Waals surface area contributed by atoms with Crippen molar-refractivity contribution < 1.29 is 26.3 Å². The molecule has 0 unspecified atom stereocenters. The van der Waals surface area contributed by atoms with Gasteiger partial charge in [0.15, 0.2) is 0 Å². The molecule has 4 aromatic rings. The molecular weight excluding hydrogens is 603 g/mol. The summed E-state index contributed by atoms with van der Waals surface area (Å²) >= 11 is 5.50. The second-order valence-electron chi connectivity index (χ2n) is 10.9. The Labute approximate surface area is 245 Å². The lowest BCUT2D eigenvalue weighted by molar-refractivity contribution is -0.254. The molecule has 4 aromatic heterocycles. The van der Waals surface area contributed by atoms with Gasteiger partial charge in [-0.15, -0.1) is 45.3 Å². The number of hydrogen-bond donors (Lipinski definition) is 0. The van der Waals surface area contributed by atoms with Crippen LogP contribution in [0.2, 0.25) is 0 Å². The minimum atomic E-state index is -5.57. The second kappa shape index (κ2) is 8.36. The van der Waals surface area contributed by atoms with Crippen molar-refractivity contribution >= 4 is 56.5 Å². The van der Waals surface area contributed by atoms with Crippen LogP contribution in [0.5, 0.6) is 0 Å². The maximum absolute atomic E-state index is 16.0. The molecule has 0 saturated heterocycles. The Morgan fingerprint density at radius 2 is 0.850 bits per heavy atom. The maximum atomic E-state index is 16.0. The van der Waals surface area contributed by atoms with Crippen molar-refractivity contribution in [3.8, 4) is 0 Å². The van der Waals surface area contributed by atoms with Crippen molar-refractivity contribution in [3.63, 3.8) is 0 Å². The highest BCUT2D eigenvalue weighted by Crippen LogP contribution is 2.71. The van der Waals surface area contributed by atoms with Crippen molar-refractivity contribution in [1.29, 1.82) is 0 Å². The molecule has 0 nitrogen and oxygen atoms in total. The summed E-state index contributed by atoms with van der Waals surface area (Å²) in [5.41, 5.74) is -1.31. The van der Waals surface area contributed by atoms with Gasteiger partial charge in [0, 0.05) is 61.3 Å². The molecule has 0 bridgehead atoms. The highest BCUT2D eigenvalue weighted by Gasteiger charge is 2.81. The zero-order valence-corrected chi connectivity index (χ0v) is 26.3. The first kappa shape index (κ1) is 28.2. The van der Waals surface area contributed by atoms with Crippen molar-refractivity contribution in [2.24, 2.45) is 0 Å². The van der Waals surface area contributed by atoms with Crippen LogP contribution in [0, 0.1) is 55.4 Å². The average molecular weight is 629 g/mol. The summed E-state index contributed by atoms with van der Waals surface area (Å²) in [6.07, 6.45) is 0. The molecule has 2 aliphatic rings. The normalized spacial score (nSPS) is 19.9. The van der Waals surface area contributed by atoms with Crippen LogP contribution in [-0.4, -0.2) is 17.8 Å². The summed E-state index contributed by atoms with van der Waals surface area (Å²) in [7, 11) is 0. The minimum Gasteiger partial charge on any atom is -0.194 e. The van der Waals surface area contributed by atoms with Gasteiger partial charge in [-0.05, 0) is 89.8 Å². The smallest absolute Gasteiger partial charge is 0.194 e. The van der Waals surface area contributed by atoms with Crippen LogP contribution in [0.4, 0.5) is 26.3 Å². The van der Waals surface area contributed by atoms with Crippen LogP contribution in [0.1, 0.15) is 72.4 Å². The molecule has 212 valence electrons. The Hall–Kier alpha value is -1.88. The first-order chi connectivity index (χ1) is 18.4. The van der Waals surface area contributed by atoms with Gasteiger partial charge in [0.25, 0.3) is 0 Å². The first-order valence-electron chi connectivity index (χ1n) is 12.7. The van der Waals surface area contributed by atoms with Crippen LogP contribution in [0.3, 0.4) is 0 Å². The molecule has 40 heavy (non-hydrogen) atoms. The van der Waals surface area contributed by atoms with E-state index >= 15 is 26.3 Å². The predicted octanol–water partition coefficient (Wildman–Crippen LogP) is 10.9. The number of rotatable bonds is 2. The fourth-order valence-electron chi connectivity index (χ4n) is 5.96. The summed E-state index contributed by atoms with van der Waals surface area (Å²) in [5, 5.41) is 0.